The minimum atomic E-state index is -0.474. The van der Waals surface area contributed by atoms with Gasteiger partial charge < -0.3 is 9.84 Å². The summed E-state index contributed by atoms with van der Waals surface area (Å²) >= 11 is 0. The molecule has 1 aliphatic heterocycles. The lowest BCUT2D eigenvalue weighted by molar-refractivity contribution is 0.203. The van der Waals surface area contributed by atoms with Crippen LogP contribution in [0.1, 0.15) is 48.0 Å². The van der Waals surface area contributed by atoms with Crippen molar-refractivity contribution in [1.82, 2.24) is 20.4 Å². The zero-order valence-electron chi connectivity index (χ0n) is 20.5. The molecule has 7 heteroatoms. The molecule has 2 amide bonds. The van der Waals surface area contributed by atoms with E-state index in [1.807, 2.05) is 50.2 Å². The number of carbonyl (C=O) groups is 1. The maximum atomic E-state index is 13.8. The largest absolute Gasteiger partial charge is 0.334 e. The molecule has 0 aliphatic carbocycles. The molecule has 0 fully saturated rings. The fraction of sp³-hybridized carbons (Fsp3) is 0.207. The number of allylic oxidation sites excluding steroid dienone is 1. The van der Waals surface area contributed by atoms with Crippen LogP contribution >= 0.6 is 0 Å². The molecule has 2 heterocycles. The molecule has 1 atom stereocenters. The number of aryl methyl sites for hydroxylation is 2. The number of nitrogens with zero attached hydrogens (tertiary/aromatic N) is 3. The Bertz CT molecular complexity index is 1420. The van der Waals surface area contributed by atoms with E-state index in [1.54, 1.807) is 17.0 Å². The van der Waals surface area contributed by atoms with E-state index >= 15 is 0 Å². The maximum Gasteiger partial charge on any atom is 0.322 e. The summed E-state index contributed by atoms with van der Waals surface area (Å²) in [4.78, 5) is 19.6. The molecule has 182 valence electrons. The first-order valence-corrected chi connectivity index (χ1v) is 12.0. The van der Waals surface area contributed by atoms with Gasteiger partial charge in [0.25, 0.3) is 5.89 Å². The lowest BCUT2D eigenvalue weighted by atomic mass is 9.93. The van der Waals surface area contributed by atoms with Crippen molar-refractivity contribution >= 4 is 11.6 Å². The van der Waals surface area contributed by atoms with E-state index in [-0.39, 0.29) is 23.6 Å². The third kappa shape index (κ3) is 4.64. The molecule has 36 heavy (non-hydrogen) atoms. The molecule has 1 aromatic heterocycles. The summed E-state index contributed by atoms with van der Waals surface area (Å²) in [6.45, 7) is 6.42. The van der Waals surface area contributed by atoms with Crippen LogP contribution in [0.5, 0.6) is 0 Å². The van der Waals surface area contributed by atoms with Crippen molar-refractivity contribution < 1.29 is 13.7 Å². The van der Waals surface area contributed by atoms with Gasteiger partial charge in [-0.1, -0.05) is 78.3 Å². The number of amides is 2. The van der Waals surface area contributed by atoms with Crippen LogP contribution < -0.4 is 5.32 Å². The fourth-order valence-corrected chi connectivity index (χ4v) is 4.40. The summed E-state index contributed by atoms with van der Waals surface area (Å²) in [6, 6.07) is 21.6. The number of urea groups is 1. The highest BCUT2D eigenvalue weighted by molar-refractivity contribution is 5.86. The van der Waals surface area contributed by atoms with Crippen LogP contribution in [-0.4, -0.2) is 21.1 Å². The first-order chi connectivity index (χ1) is 17.4. The number of nitrogens with one attached hydrogen (secondary N) is 1. The average molecular weight is 483 g/mol. The maximum absolute atomic E-state index is 13.8. The molecule has 0 saturated heterocycles. The van der Waals surface area contributed by atoms with Gasteiger partial charge in [-0.2, -0.15) is 4.98 Å². The van der Waals surface area contributed by atoms with Crippen LogP contribution in [0.4, 0.5) is 9.18 Å². The van der Waals surface area contributed by atoms with Crippen molar-refractivity contribution in [1.29, 1.82) is 0 Å². The molecule has 1 aliphatic rings. The number of hydrogen-bond acceptors (Lipinski definition) is 4. The number of halogens is 1. The molecule has 4 aromatic rings. The SMILES string of the molecule is CCc1ccc(C2NC(=O)N(Cc3ccc(C)cc3)C(C)=C2c2nc(-c3cccc(F)c3)no2)cc1. The highest BCUT2D eigenvalue weighted by Crippen LogP contribution is 2.38. The van der Waals surface area contributed by atoms with E-state index < -0.39 is 6.04 Å². The molecule has 0 bridgehead atoms. The third-order valence-electron chi connectivity index (χ3n) is 6.52. The number of hydrogen-bond donors (Lipinski definition) is 1. The third-order valence-corrected chi connectivity index (χ3v) is 6.52. The van der Waals surface area contributed by atoms with Crippen LogP contribution in [0.15, 0.2) is 83.0 Å². The van der Waals surface area contributed by atoms with Gasteiger partial charge in [0.2, 0.25) is 5.82 Å². The predicted molar refractivity (Wildman–Crippen MR) is 136 cm³/mol. The molecular weight excluding hydrogens is 455 g/mol. The zero-order valence-corrected chi connectivity index (χ0v) is 20.5. The van der Waals surface area contributed by atoms with Crippen molar-refractivity contribution in [2.24, 2.45) is 0 Å². The van der Waals surface area contributed by atoms with E-state index in [2.05, 4.69) is 34.5 Å². The zero-order chi connectivity index (χ0) is 25.2. The van der Waals surface area contributed by atoms with Crippen molar-refractivity contribution in [2.75, 3.05) is 0 Å². The van der Waals surface area contributed by atoms with E-state index in [4.69, 9.17) is 4.52 Å². The van der Waals surface area contributed by atoms with Crippen molar-refractivity contribution in [3.63, 3.8) is 0 Å². The van der Waals surface area contributed by atoms with Crippen LogP contribution in [0.25, 0.3) is 17.0 Å². The van der Waals surface area contributed by atoms with Crippen molar-refractivity contribution in [3.8, 4) is 11.4 Å². The van der Waals surface area contributed by atoms with E-state index in [0.29, 0.717) is 17.7 Å². The second-order valence-corrected chi connectivity index (χ2v) is 8.98. The standard InChI is InChI=1S/C29H27FN4O2/c1-4-20-12-14-22(15-13-20)26-25(28-32-27(33-36-28)23-6-5-7-24(30)16-23)19(3)34(29(35)31-26)17-21-10-8-18(2)9-11-21/h5-16,26H,4,17H2,1-3H3,(H,31,35). The second-order valence-electron chi connectivity index (χ2n) is 8.98. The molecule has 1 unspecified atom stereocenters. The van der Waals surface area contributed by atoms with Gasteiger partial charge in [-0.3, -0.25) is 4.90 Å². The lowest BCUT2D eigenvalue weighted by Crippen LogP contribution is -2.45. The lowest BCUT2D eigenvalue weighted by Gasteiger charge is -2.35. The van der Waals surface area contributed by atoms with Gasteiger partial charge in [-0.15, -0.1) is 0 Å². The Hall–Kier alpha value is -4.26. The molecule has 0 spiro atoms. The smallest absolute Gasteiger partial charge is 0.322 e. The summed E-state index contributed by atoms with van der Waals surface area (Å²) in [6.07, 6.45) is 0.921. The minimum Gasteiger partial charge on any atom is -0.334 e. The van der Waals surface area contributed by atoms with Crippen LogP contribution in [-0.2, 0) is 13.0 Å². The highest BCUT2D eigenvalue weighted by Gasteiger charge is 2.35. The Morgan fingerprint density at radius 2 is 1.72 bits per heavy atom. The van der Waals surface area contributed by atoms with Crippen LogP contribution in [0.2, 0.25) is 0 Å². The van der Waals surface area contributed by atoms with Gasteiger partial charge in [0.15, 0.2) is 0 Å². The van der Waals surface area contributed by atoms with Crippen molar-refractivity contribution in [3.05, 3.63) is 112 Å². The number of aromatic nitrogens is 2. The molecule has 6 nitrogen and oxygen atoms in total. The number of carbonyl (C=O) groups excluding carboxylic acids is 1. The summed E-state index contributed by atoms with van der Waals surface area (Å²) in [7, 11) is 0. The van der Waals surface area contributed by atoms with Crippen molar-refractivity contribution in [2.45, 2.75) is 39.8 Å². The Kier molecular flexibility index (Phi) is 6.38. The highest BCUT2D eigenvalue weighted by atomic mass is 19.1. The Morgan fingerprint density at radius 3 is 2.42 bits per heavy atom. The number of rotatable bonds is 6. The summed E-state index contributed by atoms with van der Waals surface area (Å²) in [5, 5.41) is 7.24. The van der Waals surface area contributed by atoms with E-state index in [1.165, 1.54) is 17.7 Å². The molecule has 3 aromatic carbocycles. The fourth-order valence-electron chi connectivity index (χ4n) is 4.40. The first kappa shape index (κ1) is 23.5. The average Bonchev–Trinajstić information content (AvgIpc) is 3.37. The van der Waals surface area contributed by atoms with Crippen LogP contribution in [0.3, 0.4) is 0 Å². The van der Waals surface area contributed by atoms with Crippen LogP contribution in [0, 0.1) is 12.7 Å². The normalized spacial score (nSPS) is 15.8. The van der Waals surface area contributed by atoms with Gasteiger partial charge in [0.05, 0.1) is 18.2 Å². The quantitative estimate of drug-likeness (QED) is 0.343. The second kappa shape index (κ2) is 9.77. The van der Waals surface area contributed by atoms with E-state index in [0.717, 1.165) is 28.8 Å². The molecular formula is C29H27FN4O2. The Morgan fingerprint density at radius 1 is 1.00 bits per heavy atom. The minimum absolute atomic E-state index is 0.203. The topological polar surface area (TPSA) is 71.3 Å². The molecule has 0 saturated carbocycles. The van der Waals surface area contributed by atoms with Gasteiger partial charge >= 0.3 is 6.03 Å². The Balaban J connectivity index is 1.59. The Labute approximate surface area is 209 Å². The molecule has 1 N–H and O–H groups in total. The summed E-state index contributed by atoms with van der Waals surface area (Å²) < 4.78 is 19.5. The summed E-state index contributed by atoms with van der Waals surface area (Å²) in [5.74, 6) is 0.189. The van der Waals surface area contributed by atoms with Gasteiger partial charge in [0.1, 0.15) is 5.82 Å². The molecule has 0 radical (unpaired) electrons. The monoisotopic (exact) mass is 482 g/mol. The number of benzene rings is 3. The first-order valence-electron chi connectivity index (χ1n) is 12.0. The predicted octanol–water partition coefficient (Wildman–Crippen LogP) is 6.44. The van der Waals surface area contributed by atoms with Gasteiger partial charge in [0, 0.05) is 11.3 Å². The summed E-state index contributed by atoms with van der Waals surface area (Å²) in [5.41, 5.74) is 6.22. The van der Waals surface area contributed by atoms with Gasteiger partial charge in [-0.05, 0) is 49.1 Å². The van der Waals surface area contributed by atoms with Gasteiger partial charge in [-0.25, -0.2) is 9.18 Å². The van der Waals surface area contributed by atoms with E-state index in [9.17, 15) is 9.18 Å². The molecule has 5 rings (SSSR count).